The van der Waals surface area contributed by atoms with Gasteiger partial charge < -0.3 is 10.1 Å². The lowest BCUT2D eigenvalue weighted by Gasteiger charge is -2.05. The summed E-state index contributed by atoms with van der Waals surface area (Å²) in [7, 11) is 1.64. The third-order valence-electron chi connectivity index (χ3n) is 2.88. The van der Waals surface area contributed by atoms with Crippen LogP contribution in [0.4, 0.5) is 0 Å². The van der Waals surface area contributed by atoms with Crippen LogP contribution in [0.3, 0.4) is 0 Å². The largest absolute Gasteiger partial charge is 0.497 e. The predicted molar refractivity (Wildman–Crippen MR) is 85.2 cm³/mol. The first kappa shape index (κ1) is 15.1. The lowest BCUT2D eigenvalue weighted by Crippen LogP contribution is -2.22. The third-order valence-corrected chi connectivity index (χ3v) is 4.58. The Hall–Kier alpha value is -1.33. The average molecular weight is 354 g/mol. The monoisotopic (exact) mass is 353 g/mol. The first-order valence-corrected chi connectivity index (χ1v) is 7.97. The molecular formula is C15H16BrNO2S. The summed E-state index contributed by atoms with van der Waals surface area (Å²) in [4.78, 5) is 12.9. The number of rotatable bonds is 6. The number of carbonyl (C=O) groups is 1. The molecule has 0 fully saturated rings. The van der Waals surface area contributed by atoms with Crippen LogP contribution in [0.2, 0.25) is 0 Å². The molecule has 20 heavy (non-hydrogen) atoms. The highest BCUT2D eigenvalue weighted by atomic mass is 79.9. The van der Waals surface area contributed by atoms with Gasteiger partial charge in [-0.2, -0.15) is 0 Å². The second-order valence-electron chi connectivity index (χ2n) is 4.36. The average Bonchev–Trinajstić information content (AvgIpc) is 2.89. The molecule has 106 valence electrons. The van der Waals surface area contributed by atoms with E-state index in [4.69, 9.17) is 4.74 Å². The highest BCUT2D eigenvalue weighted by Crippen LogP contribution is 2.19. The number of methoxy groups -OCH3 is 1. The molecule has 0 saturated heterocycles. The van der Waals surface area contributed by atoms with Crippen LogP contribution < -0.4 is 10.1 Å². The number of halogens is 1. The zero-order valence-electron chi connectivity index (χ0n) is 11.2. The van der Waals surface area contributed by atoms with Gasteiger partial charge in [-0.15, -0.1) is 11.3 Å². The molecule has 0 aliphatic carbocycles. The molecule has 2 aromatic rings. The summed E-state index contributed by atoms with van der Waals surface area (Å²) in [6, 6.07) is 9.83. The highest BCUT2D eigenvalue weighted by Gasteiger charge is 2.04. The SMILES string of the molecule is COc1ccc(CCC(=O)NCc2cc(Br)cs2)cc1. The maximum atomic E-state index is 11.8. The fraction of sp³-hybridized carbons (Fsp3) is 0.267. The number of carbonyl (C=O) groups excluding carboxylic acids is 1. The minimum Gasteiger partial charge on any atom is -0.497 e. The van der Waals surface area contributed by atoms with E-state index in [0.717, 1.165) is 27.1 Å². The van der Waals surface area contributed by atoms with Crippen LogP contribution in [0.1, 0.15) is 16.9 Å². The molecule has 2 rings (SSSR count). The molecule has 0 saturated carbocycles. The molecule has 1 amide bonds. The molecule has 1 aromatic carbocycles. The second kappa shape index (κ2) is 7.45. The summed E-state index contributed by atoms with van der Waals surface area (Å²) >= 11 is 5.03. The van der Waals surface area contributed by atoms with E-state index in [0.29, 0.717) is 13.0 Å². The zero-order chi connectivity index (χ0) is 14.4. The van der Waals surface area contributed by atoms with Crippen molar-refractivity contribution < 1.29 is 9.53 Å². The van der Waals surface area contributed by atoms with Crippen LogP contribution in [0.25, 0.3) is 0 Å². The van der Waals surface area contributed by atoms with Crippen molar-refractivity contribution in [1.82, 2.24) is 5.32 Å². The first-order chi connectivity index (χ1) is 9.67. The van der Waals surface area contributed by atoms with E-state index in [1.165, 1.54) is 0 Å². The van der Waals surface area contributed by atoms with Crippen LogP contribution in [0.15, 0.2) is 40.2 Å². The Morgan fingerprint density at radius 3 is 2.70 bits per heavy atom. The van der Waals surface area contributed by atoms with Gasteiger partial charge in [0.05, 0.1) is 13.7 Å². The summed E-state index contributed by atoms with van der Waals surface area (Å²) in [5, 5.41) is 4.94. The van der Waals surface area contributed by atoms with Crippen molar-refractivity contribution in [1.29, 1.82) is 0 Å². The smallest absolute Gasteiger partial charge is 0.220 e. The van der Waals surface area contributed by atoms with Gasteiger partial charge in [0.2, 0.25) is 5.91 Å². The Kier molecular flexibility index (Phi) is 5.61. The Labute approximate surface area is 131 Å². The third kappa shape index (κ3) is 4.65. The number of benzene rings is 1. The van der Waals surface area contributed by atoms with Crippen molar-refractivity contribution in [3.8, 4) is 5.75 Å². The molecule has 0 spiro atoms. The minimum atomic E-state index is 0.0744. The van der Waals surface area contributed by atoms with Crippen molar-refractivity contribution in [2.75, 3.05) is 7.11 Å². The van der Waals surface area contributed by atoms with Gasteiger partial charge >= 0.3 is 0 Å². The molecule has 5 heteroatoms. The van der Waals surface area contributed by atoms with E-state index >= 15 is 0 Å². The molecule has 0 unspecified atom stereocenters. The molecule has 1 heterocycles. The number of nitrogens with one attached hydrogen (secondary N) is 1. The van der Waals surface area contributed by atoms with Gasteiger partial charge in [0.1, 0.15) is 5.75 Å². The topological polar surface area (TPSA) is 38.3 Å². The number of aryl methyl sites for hydroxylation is 1. The quantitative estimate of drug-likeness (QED) is 0.858. The lowest BCUT2D eigenvalue weighted by atomic mass is 10.1. The zero-order valence-corrected chi connectivity index (χ0v) is 13.6. The molecular weight excluding hydrogens is 338 g/mol. The number of hydrogen-bond acceptors (Lipinski definition) is 3. The lowest BCUT2D eigenvalue weighted by molar-refractivity contribution is -0.121. The van der Waals surface area contributed by atoms with E-state index in [9.17, 15) is 4.79 Å². The molecule has 0 radical (unpaired) electrons. The minimum absolute atomic E-state index is 0.0744. The molecule has 0 aliphatic heterocycles. The maximum Gasteiger partial charge on any atom is 0.220 e. The van der Waals surface area contributed by atoms with Crippen molar-refractivity contribution in [3.05, 3.63) is 50.6 Å². The van der Waals surface area contributed by atoms with Gasteiger partial charge in [-0.25, -0.2) is 0 Å². The van der Waals surface area contributed by atoms with Gasteiger partial charge in [0.15, 0.2) is 0 Å². The fourth-order valence-electron chi connectivity index (χ4n) is 1.77. The van der Waals surface area contributed by atoms with E-state index in [1.54, 1.807) is 18.4 Å². The van der Waals surface area contributed by atoms with Gasteiger partial charge in [-0.05, 0) is 46.1 Å². The molecule has 0 aliphatic rings. The van der Waals surface area contributed by atoms with E-state index < -0.39 is 0 Å². The molecule has 0 atom stereocenters. The van der Waals surface area contributed by atoms with Gasteiger partial charge in [-0.3, -0.25) is 4.79 Å². The fourth-order valence-corrected chi connectivity index (χ4v) is 3.16. The van der Waals surface area contributed by atoms with E-state index in [1.807, 2.05) is 35.7 Å². The predicted octanol–water partition coefficient (Wildman–Crippen LogP) is 3.77. The summed E-state index contributed by atoms with van der Waals surface area (Å²) in [5.74, 6) is 0.909. The van der Waals surface area contributed by atoms with Crippen molar-refractivity contribution in [2.45, 2.75) is 19.4 Å². The van der Waals surface area contributed by atoms with Crippen molar-refractivity contribution >= 4 is 33.2 Å². The van der Waals surface area contributed by atoms with Crippen LogP contribution >= 0.6 is 27.3 Å². The summed E-state index contributed by atoms with van der Waals surface area (Å²) < 4.78 is 6.16. The van der Waals surface area contributed by atoms with E-state index in [-0.39, 0.29) is 5.91 Å². The Morgan fingerprint density at radius 1 is 1.35 bits per heavy atom. The number of amides is 1. The first-order valence-electron chi connectivity index (χ1n) is 6.30. The highest BCUT2D eigenvalue weighted by molar-refractivity contribution is 9.10. The Morgan fingerprint density at radius 2 is 2.10 bits per heavy atom. The second-order valence-corrected chi connectivity index (χ2v) is 6.27. The molecule has 1 N–H and O–H groups in total. The van der Waals surface area contributed by atoms with Gasteiger partial charge in [0.25, 0.3) is 0 Å². The maximum absolute atomic E-state index is 11.8. The molecule has 0 bridgehead atoms. The summed E-state index contributed by atoms with van der Waals surface area (Å²) in [6.07, 6.45) is 1.24. The number of thiophene rings is 1. The van der Waals surface area contributed by atoms with Crippen LogP contribution in [0.5, 0.6) is 5.75 Å². The molecule has 1 aromatic heterocycles. The normalized spacial score (nSPS) is 10.3. The van der Waals surface area contributed by atoms with Gasteiger partial charge in [-0.1, -0.05) is 12.1 Å². The van der Waals surface area contributed by atoms with Crippen molar-refractivity contribution in [3.63, 3.8) is 0 Å². The standard InChI is InChI=1S/C15H16BrNO2S/c1-19-13-5-2-11(3-6-13)4-7-15(18)17-9-14-8-12(16)10-20-14/h2-3,5-6,8,10H,4,7,9H2,1H3,(H,17,18). The van der Waals surface area contributed by atoms with Gasteiger partial charge in [0, 0.05) is 21.2 Å². The number of ether oxygens (including phenoxy) is 1. The Bertz CT molecular complexity index is 566. The van der Waals surface area contributed by atoms with Crippen LogP contribution in [-0.4, -0.2) is 13.0 Å². The molecule has 3 nitrogen and oxygen atoms in total. The van der Waals surface area contributed by atoms with Crippen LogP contribution in [-0.2, 0) is 17.8 Å². The summed E-state index contributed by atoms with van der Waals surface area (Å²) in [5.41, 5.74) is 1.14. The summed E-state index contributed by atoms with van der Waals surface area (Å²) in [6.45, 7) is 0.595. The van der Waals surface area contributed by atoms with Crippen LogP contribution in [0, 0.1) is 0 Å². The Balaban J connectivity index is 1.74. The number of hydrogen-bond donors (Lipinski definition) is 1. The van der Waals surface area contributed by atoms with E-state index in [2.05, 4.69) is 21.2 Å². The van der Waals surface area contributed by atoms with Crippen molar-refractivity contribution in [2.24, 2.45) is 0 Å².